The second-order valence-corrected chi connectivity index (χ2v) is 12.9. The summed E-state index contributed by atoms with van der Waals surface area (Å²) in [4.78, 5) is 79.1. The van der Waals surface area contributed by atoms with Crippen LogP contribution >= 0.6 is 0 Å². The number of rotatable bonds is 7. The summed E-state index contributed by atoms with van der Waals surface area (Å²) in [5, 5.41) is 22.5. The monoisotopic (exact) mass is 603 g/mol. The van der Waals surface area contributed by atoms with Gasteiger partial charge in [0.25, 0.3) is 0 Å². The zero-order chi connectivity index (χ0) is 32.2. The molecule has 0 aliphatic heterocycles. The van der Waals surface area contributed by atoms with Crippen LogP contribution in [0.3, 0.4) is 0 Å². The lowest BCUT2D eigenvalue weighted by Crippen LogP contribution is -2.71. The number of esters is 1. The van der Waals surface area contributed by atoms with E-state index in [4.69, 9.17) is 10.5 Å². The summed E-state index contributed by atoms with van der Waals surface area (Å²) in [5.74, 6) is -11.8. The van der Waals surface area contributed by atoms with Crippen molar-refractivity contribution in [3.63, 3.8) is 0 Å². The standard InChI is InChI=1S/C34H37NO9/c1-5-16(4)12-24(37)44-19-8-6-17(7-9-19)20-10-11-23(36)27-21(20)13-18-14-22-25(15(2)3)29(38)28(33(35)42)32(41)34(22,43)31(40)26(18)30(27)39/h6-11,15-16,18,22,25-26,28,36,43H,5,12-14H2,1-4H3,(H2,35,42)/t16?,18-,22-,25-,26?,28?,34-/m0/s1. The number of nitrogens with two attached hydrogens (primary N) is 1. The third kappa shape index (κ3) is 4.85. The Morgan fingerprint density at radius 1 is 1.02 bits per heavy atom. The van der Waals surface area contributed by atoms with Crippen LogP contribution in [-0.4, -0.2) is 50.8 Å². The molecule has 0 radical (unpaired) electrons. The zero-order valence-electron chi connectivity index (χ0n) is 25.2. The topological polar surface area (TPSA) is 178 Å². The van der Waals surface area contributed by atoms with E-state index >= 15 is 0 Å². The molecule has 0 spiro atoms. The highest BCUT2D eigenvalue weighted by molar-refractivity contribution is 6.32. The summed E-state index contributed by atoms with van der Waals surface area (Å²) in [5.41, 5.74) is 4.38. The molecule has 10 nitrogen and oxygen atoms in total. The molecule has 0 saturated heterocycles. The molecule has 1 amide bonds. The normalized spacial score (nSPS) is 28.6. The van der Waals surface area contributed by atoms with Crippen molar-refractivity contribution in [3.8, 4) is 22.6 Å². The van der Waals surface area contributed by atoms with Gasteiger partial charge in [-0.2, -0.15) is 0 Å². The van der Waals surface area contributed by atoms with Crippen molar-refractivity contribution in [1.29, 1.82) is 0 Å². The van der Waals surface area contributed by atoms with Crippen molar-refractivity contribution >= 4 is 35.0 Å². The van der Waals surface area contributed by atoms with Crippen LogP contribution in [-0.2, 0) is 30.4 Å². The Kier molecular flexibility index (Phi) is 8.09. The first-order valence-corrected chi connectivity index (χ1v) is 15.1. The van der Waals surface area contributed by atoms with Crippen molar-refractivity contribution in [2.24, 2.45) is 47.2 Å². The van der Waals surface area contributed by atoms with E-state index in [0.717, 1.165) is 6.42 Å². The van der Waals surface area contributed by atoms with Crippen LogP contribution in [0.15, 0.2) is 36.4 Å². The van der Waals surface area contributed by atoms with Gasteiger partial charge >= 0.3 is 5.97 Å². The molecule has 3 aliphatic rings. The van der Waals surface area contributed by atoms with Gasteiger partial charge in [-0.3, -0.25) is 28.8 Å². The summed E-state index contributed by atoms with van der Waals surface area (Å²) in [6.45, 7) is 7.37. The lowest BCUT2D eigenvalue weighted by molar-refractivity contribution is -0.182. The fourth-order valence-electron chi connectivity index (χ4n) is 7.43. The Balaban J connectivity index is 1.52. The molecule has 4 N–H and O–H groups in total. The molecule has 3 aliphatic carbocycles. The number of ether oxygens (including phenoxy) is 1. The second kappa shape index (κ2) is 11.4. The maximum absolute atomic E-state index is 14.0. The molecule has 0 bridgehead atoms. The van der Waals surface area contributed by atoms with Gasteiger partial charge in [0.05, 0.1) is 11.5 Å². The molecule has 2 fully saturated rings. The predicted octanol–water partition coefficient (Wildman–Crippen LogP) is 3.22. The number of amides is 1. The summed E-state index contributed by atoms with van der Waals surface area (Å²) >= 11 is 0. The fourth-order valence-corrected chi connectivity index (χ4v) is 7.43. The number of ketones is 4. The first kappa shape index (κ1) is 31.3. The van der Waals surface area contributed by atoms with E-state index in [9.17, 15) is 39.0 Å². The number of aliphatic hydroxyl groups is 1. The molecule has 44 heavy (non-hydrogen) atoms. The molecule has 232 valence electrons. The minimum atomic E-state index is -2.73. The molecule has 0 heterocycles. The molecular weight excluding hydrogens is 566 g/mol. The van der Waals surface area contributed by atoms with E-state index in [2.05, 4.69) is 0 Å². The van der Waals surface area contributed by atoms with E-state index < -0.39 is 70.1 Å². The first-order valence-electron chi connectivity index (χ1n) is 15.1. The average Bonchev–Trinajstić information content (AvgIpc) is 2.95. The Hall–Kier alpha value is -4.18. The van der Waals surface area contributed by atoms with Gasteiger partial charge in [0, 0.05) is 18.3 Å². The van der Waals surface area contributed by atoms with Crippen molar-refractivity contribution in [1.82, 2.24) is 0 Å². The van der Waals surface area contributed by atoms with Crippen LogP contribution in [0.4, 0.5) is 0 Å². The number of aromatic hydroxyl groups is 1. The van der Waals surface area contributed by atoms with Gasteiger partial charge in [0.2, 0.25) is 5.91 Å². The van der Waals surface area contributed by atoms with Crippen LogP contribution in [0.2, 0.25) is 0 Å². The lowest BCUT2D eigenvalue weighted by Gasteiger charge is -2.52. The number of carbonyl (C=O) groups is 6. The van der Waals surface area contributed by atoms with Gasteiger partial charge < -0.3 is 20.7 Å². The molecule has 2 aromatic carbocycles. The molecule has 10 heteroatoms. The molecule has 0 aromatic heterocycles. The number of carbonyl (C=O) groups excluding carboxylic acids is 6. The maximum atomic E-state index is 14.0. The van der Waals surface area contributed by atoms with Gasteiger partial charge in [0.1, 0.15) is 11.5 Å². The van der Waals surface area contributed by atoms with Gasteiger partial charge in [-0.25, -0.2) is 0 Å². The van der Waals surface area contributed by atoms with Crippen molar-refractivity contribution in [3.05, 3.63) is 47.5 Å². The Bertz CT molecular complexity index is 1580. The van der Waals surface area contributed by atoms with Crippen LogP contribution in [0.1, 0.15) is 62.9 Å². The fraction of sp³-hybridized carbons (Fsp3) is 0.471. The number of benzene rings is 2. The van der Waals surface area contributed by atoms with Crippen LogP contribution in [0, 0.1) is 41.4 Å². The van der Waals surface area contributed by atoms with E-state index in [1.165, 1.54) is 6.07 Å². The number of phenolic OH excluding ortho intramolecular Hbond substituents is 1. The third-order valence-electron chi connectivity index (χ3n) is 9.81. The highest BCUT2D eigenvalue weighted by Gasteiger charge is 2.69. The first-order chi connectivity index (χ1) is 20.7. The van der Waals surface area contributed by atoms with Crippen molar-refractivity contribution < 1.29 is 43.7 Å². The quantitative estimate of drug-likeness (QED) is 0.243. The largest absolute Gasteiger partial charge is 0.507 e. The van der Waals surface area contributed by atoms with E-state index in [1.54, 1.807) is 44.2 Å². The summed E-state index contributed by atoms with van der Waals surface area (Å²) in [6.07, 6.45) is 1.31. The van der Waals surface area contributed by atoms with Gasteiger partial charge in [-0.15, -0.1) is 0 Å². The highest BCUT2D eigenvalue weighted by Crippen LogP contribution is 2.53. The smallest absolute Gasteiger partial charge is 0.311 e. The minimum absolute atomic E-state index is 0.00403. The Morgan fingerprint density at radius 2 is 1.68 bits per heavy atom. The lowest BCUT2D eigenvalue weighted by atomic mass is 9.49. The molecule has 3 unspecified atom stereocenters. The van der Waals surface area contributed by atoms with Gasteiger partial charge in [-0.1, -0.05) is 52.3 Å². The number of hydrogen-bond acceptors (Lipinski definition) is 9. The van der Waals surface area contributed by atoms with E-state index in [0.29, 0.717) is 28.9 Å². The van der Waals surface area contributed by atoms with Gasteiger partial charge in [0.15, 0.2) is 34.7 Å². The second-order valence-electron chi connectivity index (χ2n) is 12.9. The highest BCUT2D eigenvalue weighted by atomic mass is 16.5. The van der Waals surface area contributed by atoms with Crippen molar-refractivity contribution in [2.45, 2.75) is 59.0 Å². The molecule has 2 aromatic rings. The van der Waals surface area contributed by atoms with Gasteiger partial charge in [-0.05, 0) is 65.5 Å². The molecular formula is C34H37NO9. The predicted molar refractivity (Wildman–Crippen MR) is 157 cm³/mol. The molecule has 2 saturated carbocycles. The summed E-state index contributed by atoms with van der Waals surface area (Å²) < 4.78 is 5.46. The molecule has 7 atom stereocenters. The van der Waals surface area contributed by atoms with Crippen LogP contribution in [0.25, 0.3) is 11.1 Å². The Morgan fingerprint density at radius 3 is 2.27 bits per heavy atom. The summed E-state index contributed by atoms with van der Waals surface area (Å²) in [7, 11) is 0. The van der Waals surface area contributed by atoms with E-state index in [1.807, 2.05) is 13.8 Å². The number of Topliss-reactive ketones (excluding diaryl/α,β-unsaturated/α-hetero) is 4. The zero-order valence-corrected chi connectivity index (χ0v) is 25.2. The summed E-state index contributed by atoms with van der Waals surface area (Å²) in [6, 6.07) is 9.76. The average molecular weight is 604 g/mol. The number of phenols is 1. The Labute approximate surface area is 255 Å². The maximum Gasteiger partial charge on any atom is 0.311 e. The molecule has 5 rings (SSSR count). The third-order valence-corrected chi connectivity index (χ3v) is 9.81. The van der Waals surface area contributed by atoms with Crippen LogP contribution in [0.5, 0.6) is 11.5 Å². The van der Waals surface area contributed by atoms with Crippen LogP contribution < -0.4 is 10.5 Å². The number of hydrogen-bond donors (Lipinski definition) is 3. The SMILES string of the molecule is CCC(C)CC(=O)Oc1ccc(-c2ccc(O)c3c2C[C@H]2C[C@H]4[C@H](C(C)C)C(=O)C(C(N)=O)C(=O)[C@@]4(O)C(=O)C2C3=O)cc1. The van der Waals surface area contributed by atoms with E-state index in [-0.39, 0.29) is 36.0 Å². The number of primary amides is 1. The van der Waals surface area contributed by atoms with Crippen molar-refractivity contribution in [2.75, 3.05) is 0 Å². The number of fused-ring (bicyclic) bond motifs is 3. The minimum Gasteiger partial charge on any atom is -0.507 e.